The van der Waals surface area contributed by atoms with E-state index in [9.17, 15) is 0 Å². The zero-order valence-electron chi connectivity index (χ0n) is 4.02. The maximum atomic E-state index is 5.67. The van der Waals surface area contributed by atoms with Gasteiger partial charge in [0.2, 0.25) is 0 Å². The van der Waals surface area contributed by atoms with Crippen molar-refractivity contribution in [2.45, 2.75) is 5.38 Å². The first kappa shape index (κ1) is 5.13. The van der Waals surface area contributed by atoms with Crippen LogP contribution in [0.5, 0.6) is 0 Å². The summed E-state index contributed by atoms with van der Waals surface area (Å²) in [6, 6.07) is 0. The standard InChI is InChI=1S/C5H8ClN/c6-5-2-1-3-7-4-5/h1-2,5,7H,3-4H2. The van der Waals surface area contributed by atoms with E-state index in [0.717, 1.165) is 13.1 Å². The Morgan fingerprint density at radius 2 is 2.57 bits per heavy atom. The fourth-order valence-electron chi connectivity index (χ4n) is 0.588. The molecule has 0 radical (unpaired) electrons. The second-order valence-electron chi connectivity index (χ2n) is 1.60. The molecule has 2 heteroatoms. The highest BCUT2D eigenvalue weighted by molar-refractivity contribution is 6.22. The minimum atomic E-state index is 0.216. The van der Waals surface area contributed by atoms with Gasteiger partial charge in [-0.25, -0.2) is 0 Å². The summed E-state index contributed by atoms with van der Waals surface area (Å²) < 4.78 is 0. The van der Waals surface area contributed by atoms with Gasteiger partial charge in [-0.3, -0.25) is 0 Å². The zero-order valence-corrected chi connectivity index (χ0v) is 4.78. The molecule has 40 valence electrons. The smallest absolute Gasteiger partial charge is 0.0641 e. The van der Waals surface area contributed by atoms with Gasteiger partial charge in [-0.15, -0.1) is 11.6 Å². The van der Waals surface area contributed by atoms with Gasteiger partial charge >= 0.3 is 0 Å². The predicted octanol–water partition coefficient (Wildman–Crippen LogP) is 0.753. The Morgan fingerprint density at radius 1 is 1.71 bits per heavy atom. The van der Waals surface area contributed by atoms with E-state index in [1.54, 1.807) is 0 Å². The topological polar surface area (TPSA) is 12.0 Å². The van der Waals surface area contributed by atoms with Crippen molar-refractivity contribution < 1.29 is 0 Å². The predicted molar refractivity (Wildman–Crippen MR) is 31.7 cm³/mol. The lowest BCUT2D eigenvalue weighted by atomic mass is 10.3. The average molecular weight is 118 g/mol. The Hall–Kier alpha value is -0.0100. The molecule has 1 atom stereocenters. The monoisotopic (exact) mass is 117 g/mol. The molecular weight excluding hydrogens is 110 g/mol. The van der Waals surface area contributed by atoms with Crippen molar-refractivity contribution in [3.8, 4) is 0 Å². The van der Waals surface area contributed by atoms with Crippen LogP contribution in [0.25, 0.3) is 0 Å². The van der Waals surface area contributed by atoms with Crippen LogP contribution in [0.3, 0.4) is 0 Å². The molecule has 7 heavy (non-hydrogen) atoms. The molecule has 0 aromatic heterocycles. The first-order chi connectivity index (χ1) is 3.39. The molecule has 0 bridgehead atoms. The third-order valence-electron chi connectivity index (χ3n) is 0.946. The van der Waals surface area contributed by atoms with Crippen molar-refractivity contribution >= 4 is 11.6 Å². The normalized spacial score (nSPS) is 30.7. The molecule has 1 unspecified atom stereocenters. The van der Waals surface area contributed by atoms with Gasteiger partial charge in [-0.1, -0.05) is 12.2 Å². The number of hydrogen-bond acceptors (Lipinski definition) is 1. The Labute approximate surface area is 48.4 Å². The molecule has 1 nitrogen and oxygen atoms in total. The van der Waals surface area contributed by atoms with Crippen molar-refractivity contribution in [1.29, 1.82) is 0 Å². The molecular formula is C5H8ClN. The van der Waals surface area contributed by atoms with Crippen LogP contribution in [0.4, 0.5) is 0 Å². The van der Waals surface area contributed by atoms with E-state index >= 15 is 0 Å². The lowest BCUT2D eigenvalue weighted by Crippen LogP contribution is -2.25. The molecule has 0 fully saturated rings. The minimum Gasteiger partial charge on any atom is -0.311 e. The Balaban J connectivity index is 2.36. The van der Waals surface area contributed by atoms with Crippen molar-refractivity contribution in [3.05, 3.63) is 12.2 Å². The van der Waals surface area contributed by atoms with E-state index in [4.69, 9.17) is 11.6 Å². The summed E-state index contributed by atoms with van der Waals surface area (Å²) in [5.74, 6) is 0. The molecule has 1 heterocycles. The summed E-state index contributed by atoms with van der Waals surface area (Å²) >= 11 is 5.67. The molecule has 0 aromatic carbocycles. The Morgan fingerprint density at radius 3 is 2.86 bits per heavy atom. The van der Waals surface area contributed by atoms with Gasteiger partial charge in [0, 0.05) is 13.1 Å². The minimum absolute atomic E-state index is 0.216. The second-order valence-corrected chi connectivity index (χ2v) is 2.16. The molecule has 1 rings (SSSR count). The van der Waals surface area contributed by atoms with Crippen LogP contribution in [0.2, 0.25) is 0 Å². The average Bonchev–Trinajstić information content (AvgIpc) is 1.69. The van der Waals surface area contributed by atoms with Gasteiger partial charge in [-0.05, 0) is 0 Å². The Bertz CT molecular complexity index is 80.1. The summed E-state index contributed by atoms with van der Waals surface area (Å²) in [5, 5.41) is 3.33. The summed E-state index contributed by atoms with van der Waals surface area (Å²) in [7, 11) is 0. The quantitative estimate of drug-likeness (QED) is 0.365. The SMILES string of the molecule is ClC1C=CCNC1. The van der Waals surface area contributed by atoms with Gasteiger partial charge in [-0.2, -0.15) is 0 Å². The van der Waals surface area contributed by atoms with Crippen LogP contribution in [0.15, 0.2) is 12.2 Å². The zero-order chi connectivity index (χ0) is 5.11. The van der Waals surface area contributed by atoms with E-state index in [1.165, 1.54) is 0 Å². The number of hydrogen-bond donors (Lipinski definition) is 1. The molecule has 0 saturated carbocycles. The van der Waals surface area contributed by atoms with Gasteiger partial charge in [0.15, 0.2) is 0 Å². The number of halogens is 1. The van der Waals surface area contributed by atoms with Crippen LogP contribution >= 0.6 is 11.6 Å². The third kappa shape index (κ3) is 1.49. The van der Waals surface area contributed by atoms with E-state index < -0.39 is 0 Å². The molecule has 0 saturated heterocycles. The van der Waals surface area contributed by atoms with Gasteiger partial charge in [0.05, 0.1) is 5.38 Å². The molecule has 0 aliphatic carbocycles. The van der Waals surface area contributed by atoms with Crippen LogP contribution in [0.1, 0.15) is 0 Å². The summed E-state index contributed by atoms with van der Waals surface area (Å²) in [4.78, 5) is 0. The lowest BCUT2D eigenvalue weighted by molar-refractivity contribution is 0.733. The number of alkyl halides is 1. The third-order valence-corrected chi connectivity index (χ3v) is 1.25. The van der Waals surface area contributed by atoms with Gasteiger partial charge in [0.1, 0.15) is 0 Å². The molecule has 1 aliphatic heterocycles. The van der Waals surface area contributed by atoms with Crippen molar-refractivity contribution in [3.63, 3.8) is 0 Å². The first-order valence-corrected chi connectivity index (χ1v) is 2.84. The highest BCUT2D eigenvalue weighted by Gasteiger charge is 1.99. The van der Waals surface area contributed by atoms with Crippen molar-refractivity contribution in [1.82, 2.24) is 5.32 Å². The number of nitrogens with one attached hydrogen (secondary N) is 1. The van der Waals surface area contributed by atoms with E-state index in [-0.39, 0.29) is 5.38 Å². The van der Waals surface area contributed by atoms with Crippen LogP contribution in [0, 0.1) is 0 Å². The van der Waals surface area contributed by atoms with Crippen LogP contribution < -0.4 is 5.32 Å². The maximum absolute atomic E-state index is 5.67. The fourth-order valence-corrected chi connectivity index (χ4v) is 0.800. The first-order valence-electron chi connectivity index (χ1n) is 2.41. The fraction of sp³-hybridized carbons (Fsp3) is 0.600. The molecule has 0 amide bonds. The summed E-state index contributed by atoms with van der Waals surface area (Å²) in [6.07, 6.45) is 4.05. The molecule has 1 N–H and O–H groups in total. The maximum Gasteiger partial charge on any atom is 0.0641 e. The van der Waals surface area contributed by atoms with Crippen molar-refractivity contribution in [2.24, 2.45) is 0 Å². The second kappa shape index (κ2) is 2.34. The van der Waals surface area contributed by atoms with Gasteiger partial charge in [0.25, 0.3) is 0 Å². The van der Waals surface area contributed by atoms with E-state index in [2.05, 4.69) is 5.32 Å². The van der Waals surface area contributed by atoms with E-state index in [0.29, 0.717) is 0 Å². The summed E-state index contributed by atoms with van der Waals surface area (Å²) in [6.45, 7) is 1.89. The lowest BCUT2D eigenvalue weighted by Gasteiger charge is -2.08. The largest absolute Gasteiger partial charge is 0.311 e. The van der Waals surface area contributed by atoms with Crippen molar-refractivity contribution in [2.75, 3.05) is 13.1 Å². The Kier molecular flexibility index (Phi) is 1.71. The number of rotatable bonds is 0. The van der Waals surface area contributed by atoms with E-state index in [1.807, 2.05) is 12.2 Å². The van der Waals surface area contributed by atoms with Crippen LogP contribution in [-0.2, 0) is 0 Å². The highest BCUT2D eigenvalue weighted by Crippen LogP contribution is 1.98. The summed E-state index contributed by atoms with van der Waals surface area (Å²) in [5.41, 5.74) is 0. The molecule has 0 spiro atoms. The highest BCUT2D eigenvalue weighted by atomic mass is 35.5. The molecule has 1 aliphatic rings. The van der Waals surface area contributed by atoms with Crippen LogP contribution in [-0.4, -0.2) is 18.5 Å². The molecule has 0 aromatic rings. The van der Waals surface area contributed by atoms with Gasteiger partial charge < -0.3 is 5.32 Å².